The molecule has 0 saturated heterocycles. The predicted molar refractivity (Wildman–Crippen MR) is 93.0 cm³/mol. The number of hydrogen-bond acceptors (Lipinski definition) is 4. The van der Waals surface area contributed by atoms with Gasteiger partial charge in [-0.05, 0) is 36.6 Å². The molecule has 6 heteroatoms. The third kappa shape index (κ3) is 2.63. The van der Waals surface area contributed by atoms with Crippen molar-refractivity contribution < 1.29 is 13.2 Å². The number of aromatic nitrogens is 2. The second-order valence-electron chi connectivity index (χ2n) is 6.10. The summed E-state index contributed by atoms with van der Waals surface area (Å²) in [5, 5.41) is 0.734. The number of hydrogen-bond donors (Lipinski definition) is 0. The Morgan fingerprint density at radius 2 is 1.83 bits per heavy atom. The van der Waals surface area contributed by atoms with Gasteiger partial charge in [0.05, 0.1) is 16.6 Å². The quantitative estimate of drug-likeness (QED) is 0.680. The molecule has 24 heavy (non-hydrogen) atoms. The zero-order chi connectivity index (χ0) is 17.5. The fourth-order valence-corrected chi connectivity index (χ4v) is 4.05. The molecule has 0 aliphatic carbocycles. The molecule has 5 nitrogen and oxygen atoms in total. The maximum absolute atomic E-state index is 13.0. The summed E-state index contributed by atoms with van der Waals surface area (Å²) in [5.41, 5.74) is 2.62. The molecule has 0 fully saturated rings. The van der Waals surface area contributed by atoms with Crippen LogP contribution in [0.5, 0.6) is 0 Å². The van der Waals surface area contributed by atoms with Crippen molar-refractivity contribution in [2.24, 2.45) is 0 Å². The number of pyridine rings is 1. The van der Waals surface area contributed by atoms with E-state index in [1.165, 1.54) is 10.2 Å². The Balaban J connectivity index is 2.29. The van der Waals surface area contributed by atoms with Gasteiger partial charge < -0.3 is 0 Å². The van der Waals surface area contributed by atoms with E-state index >= 15 is 0 Å². The Labute approximate surface area is 141 Å². The number of benzene rings is 1. The highest BCUT2D eigenvalue weighted by Gasteiger charge is 2.22. The van der Waals surface area contributed by atoms with Gasteiger partial charge in [-0.1, -0.05) is 31.5 Å². The van der Waals surface area contributed by atoms with Crippen LogP contribution in [0.25, 0.3) is 10.9 Å². The molecule has 0 bridgehead atoms. The first-order valence-electron chi connectivity index (χ1n) is 7.63. The lowest BCUT2D eigenvalue weighted by atomic mass is 10.0. The smallest absolute Gasteiger partial charge is 0.268 e. The summed E-state index contributed by atoms with van der Waals surface area (Å²) in [6, 6.07) is 8.37. The third-order valence-electron chi connectivity index (χ3n) is 4.03. The molecule has 3 rings (SSSR count). The Hall–Kier alpha value is -2.47. The number of carbonyl (C=O) groups is 1. The zero-order valence-corrected chi connectivity index (χ0v) is 14.5. The van der Waals surface area contributed by atoms with Crippen molar-refractivity contribution in [1.29, 1.82) is 0 Å². The van der Waals surface area contributed by atoms with Crippen molar-refractivity contribution >= 4 is 27.2 Å². The molecule has 0 atom stereocenters. The normalized spacial score (nSPS) is 12.0. The second-order valence-corrected chi connectivity index (χ2v) is 7.91. The van der Waals surface area contributed by atoms with Gasteiger partial charge in [0.2, 0.25) is 0 Å². The first kappa shape index (κ1) is 16.4. The summed E-state index contributed by atoms with van der Waals surface area (Å²) in [6.45, 7) is 5.88. The van der Waals surface area contributed by atoms with E-state index in [0.29, 0.717) is 11.8 Å². The summed E-state index contributed by atoms with van der Waals surface area (Å²) < 4.78 is 27.3. The number of carbonyl (C=O) groups excluding carboxylic acids is 1. The monoisotopic (exact) mass is 342 g/mol. The Kier molecular flexibility index (Phi) is 4.01. The predicted octanol–water partition coefficient (Wildman–Crippen LogP) is 3.52. The molecular weight excluding hydrogens is 324 g/mol. The van der Waals surface area contributed by atoms with Gasteiger partial charge in [-0.15, -0.1) is 0 Å². The van der Waals surface area contributed by atoms with Crippen molar-refractivity contribution in [2.45, 2.75) is 31.6 Å². The molecule has 0 aliphatic rings. The van der Waals surface area contributed by atoms with Gasteiger partial charge in [0.1, 0.15) is 5.69 Å². The van der Waals surface area contributed by atoms with Crippen LogP contribution in [0, 0.1) is 6.92 Å². The van der Waals surface area contributed by atoms with Gasteiger partial charge in [-0.25, -0.2) is 12.4 Å². The van der Waals surface area contributed by atoms with Gasteiger partial charge >= 0.3 is 0 Å². The van der Waals surface area contributed by atoms with E-state index in [1.54, 1.807) is 36.5 Å². The molecule has 0 amide bonds. The largest absolute Gasteiger partial charge is 0.296 e. The Bertz CT molecular complexity index is 1020. The van der Waals surface area contributed by atoms with Gasteiger partial charge in [0.25, 0.3) is 10.0 Å². The van der Waals surface area contributed by atoms with Crippen molar-refractivity contribution in [1.82, 2.24) is 8.96 Å². The van der Waals surface area contributed by atoms with E-state index in [2.05, 4.69) is 4.98 Å². The molecule has 0 unspecified atom stereocenters. The summed E-state index contributed by atoms with van der Waals surface area (Å²) in [4.78, 5) is 15.2. The minimum absolute atomic E-state index is 0.115. The van der Waals surface area contributed by atoms with Crippen LogP contribution >= 0.6 is 0 Å². The van der Waals surface area contributed by atoms with E-state index in [-0.39, 0.29) is 16.5 Å². The highest BCUT2D eigenvalue weighted by molar-refractivity contribution is 7.90. The lowest BCUT2D eigenvalue weighted by Crippen LogP contribution is -2.12. The zero-order valence-electron chi connectivity index (χ0n) is 13.7. The molecule has 2 heterocycles. The van der Waals surface area contributed by atoms with Crippen LogP contribution < -0.4 is 0 Å². The van der Waals surface area contributed by atoms with Crippen molar-refractivity contribution in [3.05, 3.63) is 59.5 Å². The molecule has 0 saturated carbocycles. The van der Waals surface area contributed by atoms with Crippen LogP contribution in [-0.2, 0) is 10.0 Å². The van der Waals surface area contributed by atoms with E-state index < -0.39 is 10.0 Å². The van der Waals surface area contributed by atoms with Gasteiger partial charge in [-0.2, -0.15) is 0 Å². The first-order valence-corrected chi connectivity index (χ1v) is 9.07. The molecule has 124 valence electrons. The molecular formula is C18H18N2O3S. The number of rotatable bonds is 4. The number of fused-ring (bicyclic) bond motifs is 1. The molecule has 0 spiro atoms. The topological polar surface area (TPSA) is 69.0 Å². The van der Waals surface area contributed by atoms with Crippen LogP contribution in [0.1, 0.15) is 41.4 Å². The molecule has 0 aliphatic heterocycles. The minimum Gasteiger partial charge on any atom is -0.296 e. The molecule has 0 radical (unpaired) electrons. The maximum atomic E-state index is 13.0. The standard InChI is InChI=1S/C18H18N2O3S/c1-12(2)17-10-20(18-9-19-14(11-21)8-16(17)18)24(22,23)15-6-4-13(3)5-7-15/h4-12H,1-3H3. The summed E-state index contributed by atoms with van der Waals surface area (Å²) >= 11 is 0. The summed E-state index contributed by atoms with van der Waals surface area (Å²) in [7, 11) is -3.73. The fraction of sp³-hybridized carbons (Fsp3) is 0.222. The lowest BCUT2D eigenvalue weighted by molar-refractivity contribution is 0.111. The number of nitrogens with zero attached hydrogens (tertiary/aromatic N) is 2. The highest BCUT2D eigenvalue weighted by Crippen LogP contribution is 2.30. The SMILES string of the molecule is Cc1ccc(S(=O)(=O)n2cc(C(C)C)c3cc(C=O)ncc32)cc1. The Morgan fingerprint density at radius 3 is 2.42 bits per heavy atom. The van der Waals surface area contributed by atoms with Crippen LogP contribution in [0.2, 0.25) is 0 Å². The van der Waals surface area contributed by atoms with Crippen LogP contribution in [0.3, 0.4) is 0 Å². The van der Waals surface area contributed by atoms with Crippen molar-refractivity contribution in [3.63, 3.8) is 0 Å². The van der Waals surface area contributed by atoms with Crippen LogP contribution in [0.4, 0.5) is 0 Å². The number of aryl methyl sites for hydroxylation is 1. The summed E-state index contributed by atoms with van der Waals surface area (Å²) in [6.07, 6.45) is 3.73. The second kappa shape index (κ2) is 5.87. The summed E-state index contributed by atoms with van der Waals surface area (Å²) in [5.74, 6) is 0.115. The van der Waals surface area contributed by atoms with Crippen molar-refractivity contribution in [2.75, 3.05) is 0 Å². The van der Waals surface area contributed by atoms with Gasteiger partial charge in [-0.3, -0.25) is 9.78 Å². The van der Waals surface area contributed by atoms with E-state index in [1.807, 2.05) is 20.8 Å². The van der Waals surface area contributed by atoms with Crippen LogP contribution in [0.15, 0.2) is 47.6 Å². The number of aldehydes is 1. The fourth-order valence-electron chi connectivity index (χ4n) is 2.68. The molecule has 0 N–H and O–H groups in total. The van der Waals surface area contributed by atoms with Gasteiger partial charge in [0.15, 0.2) is 6.29 Å². The maximum Gasteiger partial charge on any atom is 0.268 e. The highest BCUT2D eigenvalue weighted by atomic mass is 32.2. The average molecular weight is 342 g/mol. The molecule has 1 aromatic carbocycles. The van der Waals surface area contributed by atoms with Gasteiger partial charge in [0, 0.05) is 11.6 Å². The molecule has 2 aromatic heterocycles. The van der Waals surface area contributed by atoms with Crippen molar-refractivity contribution in [3.8, 4) is 0 Å². The van der Waals surface area contributed by atoms with E-state index in [0.717, 1.165) is 16.5 Å². The first-order chi connectivity index (χ1) is 11.3. The minimum atomic E-state index is -3.73. The third-order valence-corrected chi connectivity index (χ3v) is 5.72. The van der Waals surface area contributed by atoms with E-state index in [9.17, 15) is 13.2 Å². The van der Waals surface area contributed by atoms with Crippen LogP contribution in [-0.4, -0.2) is 23.7 Å². The lowest BCUT2D eigenvalue weighted by Gasteiger charge is -2.07. The Morgan fingerprint density at radius 1 is 1.17 bits per heavy atom. The average Bonchev–Trinajstić information content (AvgIpc) is 2.94. The van der Waals surface area contributed by atoms with E-state index in [4.69, 9.17) is 0 Å². The molecule has 3 aromatic rings.